The summed E-state index contributed by atoms with van der Waals surface area (Å²) in [6, 6.07) is 10.2. The van der Waals surface area contributed by atoms with E-state index in [1.165, 1.54) is 0 Å². The first-order chi connectivity index (χ1) is 13.1. The quantitative estimate of drug-likeness (QED) is 0.729. The molecule has 1 amide bonds. The van der Waals surface area contributed by atoms with Gasteiger partial charge in [-0.2, -0.15) is 0 Å². The van der Waals surface area contributed by atoms with E-state index in [2.05, 4.69) is 15.6 Å². The number of pyridine rings is 1. The standard InChI is InChI=1S/C21H28N4O2/c1-23-18-6-3-14(4-7-18)21(26)25-13-17-11-15(5-8-19(17)27-2)16-9-10-24-20(22)12-16/h5,8-12,14,18,23H,3-4,6-7,13H2,1-2H3,(H2,22,24)(H,25,26). The Hall–Kier alpha value is -2.60. The van der Waals surface area contributed by atoms with Gasteiger partial charge in [0.2, 0.25) is 5.91 Å². The number of rotatable bonds is 6. The fourth-order valence-electron chi connectivity index (χ4n) is 3.70. The van der Waals surface area contributed by atoms with Crippen LogP contribution < -0.4 is 21.1 Å². The molecule has 6 nitrogen and oxygen atoms in total. The summed E-state index contributed by atoms with van der Waals surface area (Å²) in [5.41, 5.74) is 8.75. The van der Waals surface area contributed by atoms with Crippen LogP contribution in [0.3, 0.4) is 0 Å². The maximum atomic E-state index is 12.6. The van der Waals surface area contributed by atoms with Gasteiger partial charge in [-0.15, -0.1) is 0 Å². The van der Waals surface area contributed by atoms with E-state index in [1.807, 2.05) is 37.4 Å². The fraction of sp³-hybridized carbons (Fsp3) is 0.429. The Kier molecular flexibility index (Phi) is 6.29. The zero-order valence-electron chi connectivity index (χ0n) is 16.0. The molecule has 0 aliphatic heterocycles. The number of nitrogens with one attached hydrogen (secondary N) is 2. The number of carbonyl (C=O) groups excluding carboxylic acids is 1. The van der Waals surface area contributed by atoms with E-state index >= 15 is 0 Å². The van der Waals surface area contributed by atoms with Gasteiger partial charge in [0.15, 0.2) is 0 Å². The Morgan fingerprint density at radius 2 is 1.93 bits per heavy atom. The highest BCUT2D eigenvalue weighted by Crippen LogP contribution is 2.28. The van der Waals surface area contributed by atoms with Crippen LogP contribution in [0.5, 0.6) is 5.75 Å². The molecule has 0 saturated heterocycles. The molecule has 4 N–H and O–H groups in total. The number of hydrogen-bond donors (Lipinski definition) is 3. The summed E-state index contributed by atoms with van der Waals surface area (Å²) in [6.45, 7) is 0.447. The molecule has 1 aliphatic carbocycles. The summed E-state index contributed by atoms with van der Waals surface area (Å²) >= 11 is 0. The third-order valence-electron chi connectivity index (χ3n) is 5.35. The van der Waals surface area contributed by atoms with Crippen LogP contribution in [0.25, 0.3) is 11.1 Å². The summed E-state index contributed by atoms with van der Waals surface area (Å²) in [5, 5.41) is 6.39. The lowest BCUT2D eigenvalue weighted by Crippen LogP contribution is -2.37. The molecule has 0 radical (unpaired) electrons. The highest BCUT2D eigenvalue weighted by Gasteiger charge is 2.25. The van der Waals surface area contributed by atoms with Crippen molar-refractivity contribution in [3.8, 4) is 16.9 Å². The van der Waals surface area contributed by atoms with Crippen LogP contribution in [0.2, 0.25) is 0 Å². The largest absolute Gasteiger partial charge is 0.496 e. The van der Waals surface area contributed by atoms with Crippen molar-refractivity contribution in [1.82, 2.24) is 15.6 Å². The third kappa shape index (κ3) is 4.77. The molecule has 1 heterocycles. The molecule has 0 unspecified atom stereocenters. The Balaban J connectivity index is 1.68. The number of ether oxygens (including phenoxy) is 1. The molecule has 0 bridgehead atoms. The van der Waals surface area contributed by atoms with Crippen molar-refractivity contribution >= 4 is 11.7 Å². The molecule has 1 aliphatic rings. The van der Waals surface area contributed by atoms with E-state index in [-0.39, 0.29) is 11.8 Å². The second-order valence-electron chi connectivity index (χ2n) is 7.05. The lowest BCUT2D eigenvalue weighted by Gasteiger charge is -2.27. The number of nitrogens with two attached hydrogens (primary N) is 1. The minimum absolute atomic E-state index is 0.101. The maximum absolute atomic E-state index is 12.6. The first kappa shape index (κ1) is 19.2. The van der Waals surface area contributed by atoms with Crippen molar-refractivity contribution in [3.05, 3.63) is 42.1 Å². The van der Waals surface area contributed by atoms with Gasteiger partial charge in [0.25, 0.3) is 0 Å². The first-order valence-electron chi connectivity index (χ1n) is 9.44. The minimum Gasteiger partial charge on any atom is -0.496 e. The second-order valence-corrected chi connectivity index (χ2v) is 7.05. The molecule has 0 spiro atoms. The topological polar surface area (TPSA) is 89.3 Å². The average Bonchev–Trinajstić information content (AvgIpc) is 2.71. The van der Waals surface area contributed by atoms with Crippen molar-refractivity contribution in [2.45, 2.75) is 38.3 Å². The van der Waals surface area contributed by atoms with E-state index in [0.29, 0.717) is 18.4 Å². The first-order valence-corrected chi connectivity index (χ1v) is 9.44. The van der Waals surface area contributed by atoms with Gasteiger partial charge in [-0.3, -0.25) is 4.79 Å². The summed E-state index contributed by atoms with van der Waals surface area (Å²) in [7, 11) is 3.63. The smallest absolute Gasteiger partial charge is 0.223 e. The Bertz CT molecular complexity index is 786. The van der Waals surface area contributed by atoms with Gasteiger partial charge in [-0.1, -0.05) is 6.07 Å². The SMILES string of the molecule is CNC1CCC(C(=O)NCc2cc(-c3ccnc(N)c3)ccc2OC)CC1. The molecule has 0 atom stereocenters. The lowest BCUT2D eigenvalue weighted by molar-refractivity contribution is -0.126. The van der Waals surface area contributed by atoms with E-state index in [4.69, 9.17) is 10.5 Å². The number of carbonyl (C=O) groups is 1. The van der Waals surface area contributed by atoms with E-state index in [9.17, 15) is 4.79 Å². The summed E-state index contributed by atoms with van der Waals surface area (Å²) in [5.74, 6) is 1.48. The van der Waals surface area contributed by atoms with Gasteiger partial charge < -0.3 is 21.1 Å². The van der Waals surface area contributed by atoms with Crippen LogP contribution in [-0.4, -0.2) is 31.1 Å². The molecule has 3 rings (SSSR count). The normalized spacial score (nSPS) is 19.5. The van der Waals surface area contributed by atoms with Gasteiger partial charge in [-0.25, -0.2) is 4.98 Å². The summed E-state index contributed by atoms with van der Waals surface area (Å²) in [6.07, 6.45) is 5.67. The van der Waals surface area contributed by atoms with Crippen LogP contribution in [0.15, 0.2) is 36.5 Å². The number of hydrogen-bond acceptors (Lipinski definition) is 5. The number of aromatic nitrogens is 1. The molecule has 1 aromatic carbocycles. The van der Waals surface area contributed by atoms with E-state index < -0.39 is 0 Å². The Morgan fingerprint density at radius 1 is 1.19 bits per heavy atom. The van der Waals surface area contributed by atoms with Gasteiger partial charge in [0.05, 0.1) is 7.11 Å². The summed E-state index contributed by atoms with van der Waals surface area (Å²) < 4.78 is 5.47. The number of benzene rings is 1. The van der Waals surface area contributed by atoms with Gasteiger partial charge >= 0.3 is 0 Å². The van der Waals surface area contributed by atoms with Crippen molar-refractivity contribution in [2.24, 2.45) is 5.92 Å². The predicted molar refractivity (Wildman–Crippen MR) is 107 cm³/mol. The molecule has 6 heteroatoms. The van der Waals surface area contributed by atoms with Gasteiger partial charge in [0, 0.05) is 30.3 Å². The minimum atomic E-state index is 0.101. The zero-order chi connectivity index (χ0) is 19.2. The molecule has 27 heavy (non-hydrogen) atoms. The second kappa shape index (κ2) is 8.86. The van der Waals surface area contributed by atoms with Crippen LogP contribution in [0.4, 0.5) is 5.82 Å². The van der Waals surface area contributed by atoms with E-state index in [0.717, 1.165) is 48.1 Å². The molecule has 2 aromatic rings. The lowest BCUT2D eigenvalue weighted by atomic mass is 9.85. The van der Waals surface area contributed by atoms with E-state index in [1.54, 1.807) is 13.3 Å². The Morgan fingerprint density at radius 3 is 2.59 bits per heavy atom. The monoisotopic (exact) mass is 368 g/mol. The van der Waals surface area contributed by atoms with Crippen LogP contribution >= 0.6 is 0 Å². The van der Waals surface area contributed by atoms with Crippen molar-refractivity contribution < 1.29 is 9.53 Å². The maximum Gasteiger partial charge on any atom is 0.223 e. The number of nitrogen functional groups attached to an aromatic ring is 1. The molecule has 1 saturated carbocycles. The average molecular weight is 368 g/mol. The van der Waals surface area contributed by atoms with Crippen LogP contribution in [-0.2, 0) is 11.3 Å². The van der Waals surface area contributed by atoms with Crippen molar-refractivity contribution in [1.29, 1.82) is 0 Å². The summed E-state index contributed by atoms with van der Waals surface area (Å²) in [4.78, 5) is 16.6. The number of amides is 1. The zero-order valence-corrected chi connectivity index (χ0v) is 16.0. The molecular weight excluding hydrogens is 340 g/mol. The number of nitrogens with zero attached hydrogens (tertiary/aromatic N) is 1. The number of methoxy groups -OCH3 is 1. The van der Waals surface area contributed by atoms with Gasteiger partial charge in [-0.05, 0) is 68.1 Å². The highest BCUT2D eigenvalue weighted by atomic mass is 16.5. The van der Waals surface area contributed by atoms with Crippen LogP contribution in [0.1, 0.15) is 31.2 Å². The third-order valence-corrected chi connectivity index (χ3v) is 5.35. The van der Waals surface area contributed by atoms with Crippen molar-refractivity contribution in [2.75, 3.05) is 19.9 Å². The van der Waals surface area contributed by atoms with Crippen LogP contribution in [0, 0.1) is 5.92 Å². The predicted octanol–water partition coefficient (Wildman–Crippen LogP) is 2.73. The molecule has 144 valence electrons. The molecule has 1 aromatic heterocycles. The molecular formula is C21H28N4O2. The van der Waals surface area contributed by atoms with Gasteiger partial charge in [0.1, 0.15) is 11.6 Å². The Labute approximate surface area is 160 Å². The van der Waals surface area contributed by atoms with Crippen molar-refractivity contribution in [3.63, 3.8) is 0 Å². The molecule has 1 fully saturated rings. The highest BCUT2D eigenvalue weighted by molar-refractivity contribution is 5.79. The number of anilines is 1. The fourth-order valence-corrected chi connectivity index (χ4v) is 3.70.